The van der Waals surface area contributed by atoms with Crippen molar-refractivity contribution < 1.29 is 0 Å². The molecule has 106 valence electrons. The van der Waals surface area contributed by atoms with E-state index >= 15 is 0 Å². The standard InChI is InChI=1S/C17H23N3/c1-2-20-12-6-5-8-14(18)17(20)16-11-10-13-7-3-4-9-15(13)19-16/h3-4,7,9-11,14,17H,2,5-6,8,12,18H2,1H3. The van der Waals surface area contributed by atoms with E-state index in [4.69, 9.17) is 10.7 Å². The summed E-state index contributed by atoms with van der Waals surface area (Å²) in [7, 11) is 0. The predicted molar refractivity (Wildman–Crippen MR) is 83.6 cm³/mol. The van der Waals surface area contributed by atoms with E-state index in [1.807, 2.05) is 6.07 Å². The van der Waals surface area contributed by atoms with E-state index in [2.05, 4.69) is 42.2 Å². The van der Waals surface area contributed by atoms with Gasteiger partial charge in [0.1, 0.15) is 0 Å². The molecule has 3 rings (SSSR count). The predicted octanol–water partition coefficient (Wildman–Crippen LogP) is 3.11. The number of likely N-dealkylation sites (N-methyl/N-ethyl adjacent to an activating group) is 1. The fourth-order valence-corrected chi connectivity index (χ4v) is 3.27. The topological polar surface area (TPSA) is 42.1 Å². The number of aromatic nitrogens is 1. The smallest absolute Gasteiger partial charge is 0.0706 e. The molecule has 0 saturated carbocycles. The normalized spacial score (nSPS) is 24.7. The summed E-state index contributed by atoms with van der Waals surface area (Å²) in [6, 6.07) is 13.1. The molecular formula is C17H23N3. The molecule has 3 heteroatoms. The first kappa shape index (κ1) is 13.5. The zero-order valence-electron chi connectivity index (χ0n) is 12.1. The monoisotopic (exact) mass is 269 g/mol. The summed E-state index contributed by atoms with van der Waals surface area (Å²) in [6.07, 6.45) is 3.56. The summed E-state index contributed by atoms with van der Waals surface area (Å²) in [4.78, 5) is 7.35. The first-order valence-corrected chi connectivity index (χ1v) is 7.65. The van der Waals surface area contributed by atoms with Gasteiger partial charge in [-0.25, -0.2) is 0 Å². The Morgan fingerprint density at radius 1 is 1.20 bits per heavy atom. The highest BCUT2D eigenvalue weighted by Crippen LogP contribution is 2.29. The van der Waals surface area contributed by atoms with Gasteiger partial charge in [-0.15, -0.1) is 0 Å². The number of benzene rings is 1. The highest BCUT2D eigenvalue weighted by atomic mass is 15.2. The van der Waals surface area contributed by atoms with E-state index in [0.29, 0.717) is 0 Å². The Morgan fingerprint density at radius 2 is 2.05 bits per heavy atom. The second-order valence-corrected chi connectivity index (χ2v) is 5.66. The zero-order valence-corrected chi connectivity index (χ0v) is 12.1. The number of rotatable bonds is 2. The van der Waals surface area contributed by atoms with E-state index in [9.17, 15) is 0 Å². The number of hydrogen-bond acceptors (Lipinski definition) is 3. The molecule has 2 unspecified atom stereocenters. The van der Waals surface area contributed by atoms with E-state index in [-0.39, 0.29) is 12.1 Å². The summed E-state index contributed by atoms with van der Waals surface area (Å²) in [6.45, 7) is 4.38. The molecule has 1 aromatic carbocycles. The molecule has 2 aromatic rings. The highest BCUT2D eigenvalue weighted by Gasteiger charge is 2.28. The summed E-state index contributed by atoms with van der Waals surface area (Å²) in [5.41, 5.74) is 8.63. The molecule has 0 bridgehead atoms. The summed E-state index contributed by atoms with van der Waals surface area (Å²) >= 11 is 0. The number of pyridine rings is 1. The number of nitrogens with two attached hydrogens (primary N) is 1. The second kappa shape index (κ2) is 5.90. The first-order valence-electron chi connectivity index (χ1n) is 7.65. The molecule has 1 aliphatic heterocycles. The van der Waals surface area contributed by atoms with Crippen molar-refractivity contribution in [3.8, 4) is 0 Å². The van der Waals surface area contributed by atoms with Gasteiger partial charge >= 0.3 is 0 Å². The van der Waals surface area contributed by atoms with Crippen LogP contribution in [0.4, 0.5) is 0 Å². The molecule has 2 N–H and O–H groups in total. The van der Waals surface area contributed by atoms with Crippen molar-refractivity contribution >= 4 is 10.9 Å². The van der Waals surface area contributed by atoms with Gasteiger partial charge < -0.3 is 5.73 Å². The van der Waals surface area contributed by atoms with Gasteiger partial charge in [0.15, 0.2) is 0 Å². The van der Waals surface area contributed by atoms with Crippen LogP contribution in [0.5, 0.6) is 0 Å². The Labute approximate surface area is 120 Å². The number of nitrogens with zero attached hydrogens (tertiary/aromatic N) is 2. The van der Waals surface area contributed by atoms with Crippen molar-refractivity contribution in [2.24, 2.45) is 5.73 Å². The van der Waals surface area contributed by atoms with Gasteiger partial charge in [0.05, 0.1) is 17.3 Å². The summed E-state index contributed by atoms with van der Waals surface area (Å²) in [5.74, 6) is 0. The van der Waals surface area contributed by atoms with Crippen LogP contribution in [0.15, 0.2) is 36.4 Å². The number of likely N-dealkylation sites (tertiary alicyclic amines) is 1. The molecule has 3 nitrogen and oxygen atoms in total. The van der Waals surface area contributed by atoms with Gasteiger partial charge in [0.25, 0.3) is 0 Å². The lowest BCUT2D eigenvalue weighted by atomic mass is 9.99. The van der Waals surface area contributed by atoms with Crippen LogP contribution < -0.4 is 5.73 Å². The minimum absolute atomic E-state index is 0.186. The average Bonchev–Trinajstić information content (AvgIpc) is 2.68. The molecule has 0 aliphatic carbocycles. The van der Waals surface area contributed by atoms with Gasteiger partial charge in [-0.1, -0.05) is 37.6 Å². The molecule has 0 spiro atoms. The highest BCUT2D eigenvalue weighted by molar-refractivity contribution is 5.78. The largest absolute Gasteiger partial charge is 0.326 e. The van der Waals surface area contributed by atoms with Crippen molar-refractivity contribution in [1.29, 1.82) is 0 Å². The maximum atomic E-state index is 6.44. The molecule has 20 heavy (non-hydrogen) atoms. The minimum Gasteiger partial charge on any atom is -0.326 e. The van der Waals surface area contributed by atoms with Crippen LogP contribution in [0.2, 0.25) is 0 Å². The van der Waals surface area contributed by atoms with Crippen LogP contribution in [0.1, 0.15) is 37.9 Å². The van der Waals surface area contributed by atoms with Gasteiger partial charge in [0.2, 0.25) is 0 Å². The fourth-order valence-electron chi connectivity index (χ4n) is 3.27. The Bertz CT molecular complexity index is 581. The number of hydrogen-bond donors (Lipinski definition) is 1. The molecule has 2 atom stereocenters. The Kier molecular flexibility index (Phi) is 3.99. The van der Waals surface area contributed by atoms with E-state index in [1.165, 1.54) is 18.2 Å². The summed E-state index contributed by atoms with van der Waals surface area (Å²) in [5, 5.41) is 1.20. The molecule has 1 aromatic heterocycles. The molecule has 0 radical (unpaired) electrons. The SMILES string of the molecule is CCN1CCCCC(N)C1c1ccc2ccccc2n1. The van der Waals surface area contributed by atoms with Gasteiger partial charge in [-0.2, -0.15) is 0 Å². The quantitative estimate of drug-likeness (QED) is 0.911. The van der Waals surface area contributed by atoms with Gasteiger partial charge in [-0.3, -0.25) is 9.88 Å². The number of fused-ring (bicyclic) bond motifs is 1. The third-order valence-electron chi connectivity index (χ3n) is 4.36. The maximum absolute atomic E-state index is 6.44. The second-order valence-electron chi connectivity index (χ2n) is 5.66. The van der Waals surface area contributed by atoms with E-state index in [1.54, 1.807) is 0 Å². The lowest BCUT2D eigenvalue weighted by Crippen LogP contribution is -2.40. The van der Waals surface area contributed by atoms with Crippen LogP contribution in [-0.2, 0) is 0 Å². The lowest BCUT2D eigenvalue weighted by molar-refractivity contribution is 0.192. The van der Waals surface area contributed by atoms with Crippen molar-refractivity contribution in [3.05, 3.63) is 42.1 Å². The van der Waals surface area contributed by atoms with E-state index < -0.39 is 0 Å². The zero-order chi connectivity index (χ0) is 13.9. The van der Waals surface area contributed by atoms with Crippen molar-refractivity contribution in [2.75, 3.05) is 13.1 Å². The third kappa shape index (κ3) is 2.56. The minimum atomic E-state index is 0.186. The first-order chi connectivity index (χ1) is 9.79. The van der Waals surface area contributed by atoms with Gasteiger partial charge in [-0.05, 0) is 38.1 Å². The van der Waals surface area contributed by atoms with Crippen LogP contribution >= 0.6 is 0 Å². The van der Waals surface area contributed by atoms with Crippen molar-refractivity contribution in [3.63, 3.8) is 0 Å². The Balaban J connectivity index is 2.01. The van der Waals surface area contributed by atoms with Crippen molar-refractivity contribution in [2.45, 2.75) is 38.3 Å². The van der Waals surface area contributed by atoms with E-state index in [0.717, 1.165) is 30.7 Å². The molecule has 2 heterocycles. The number of para-hydroxylation sites is 1. The van der Waals surface area contributed by atoms with Crippen molar-refractivity contribution in [1.82, 2.24) is 9.88 Å². The molecule has 1 saturated heterocycles. The van der Waals surface area contributed by atoms with Crippen LogP contribution in [0.3, 0.4) is 0 Å². The Hall–Kier alpha value is -1.45. The fraction of sp³-hybridized carbons (Fsp3) is 0.471. The molecule has 0 amide bonds. The molecule has 1 aliphatic rings. The van der Waals surface area contributed by atoms with Crippen LogP contribution in [0.25, 0.3) is 10.9 Å². The van der Waals surface area contributed by atoms with Crippen LogP contribution in [0, 0.1) is 0 Å². The summed E-state index contributed by atoms with van der Waals surface area (Å²) < 4.78 is 0. The van der Waals surface area contributed by atoms with Gasteiger partial charge in [0, 0.05) is 11.4 Å². The maximum Gasteiger partial charge on any atom is 0.0706 e. The average molecular weight is 269 g/mol. The Morgan fingerprint density at radius 3 is 2.90 bits per heavy atom. The lowest BCUT2D eigenvalue weighted by Gasteiger charge is -2.32. The molecular weight excluding hydrogens is 246 g/mol. The molecule has 1 fully saturated rings. The third-order valence-corrected chi connectivity index (χ3v) is 4.36. The van der Waals surface area contributed by atoms with Crippen LogP contribution in [-0.4, -0.2) is 29.0 Å².